The molecule has 0 bridgehead atoms. The van der Waals surface area contributed by atoms with Crippen LogP contribution >= 0.6 is 0 Å². The van der Waals surface area contributed by atoms with E-state index in [0.717, 1.165) is 0 Å². The van der Waals surface area contributed by atoms with Gasteiger partial charge in [0, 0.05) is 11.5 Å². The van der Waals surface area contributed by atoms with Crippen LogP contribution in [0.5, 0.6) is 0 Å². The van der Waals surface area contributed by atoms with Gasteiger partial charge < -0.3 is 4.42 Å². The molecule has 4 heteroatoms. The van der Waals surface area contributed by atoms with Gasteiger partial charge in [0.2, 0.25) is 0 Å². The molecule has 0 unspecified atom stereocenters. The molecule has 0 saturated heterocycles. The van der Waals surface area contributed by atoms with Gasteiger partial charge in [0.25, 0.3) is 0 Å². The number of fused-ring (bicyclic) bond motifs is 1. The summed E-state index contributed by atoms with van der Waals surface area (Å²) in [6.07, 6.45) is 0. The maximum Gasteiger partial charge on any atom is 0.336 e. The standard InChI is InChI=1S/C15H8F2O2/c16-10-3-1-9(2-4-10)12-8-15(18)19-14-6-5-11(17)7-13(12)14/h1-8H. The molecular formula is C15H8F2O2. The summed E-state index contributed by atoms with van der Waals surface area (Å²) in [6, 6.07) is 10.8. The van der Waals surface area contributed by atoms with Gasteiger partial charge >= 0.3 is 5.63 Å². The highest BCUT2D eigenvalue weighted by Crippen LogP contribution is 2.27. The van der Waals surface area contributed by atoms with Crippen molar-refractivity contribution in [3.05, 3.63) is 70.6 Å². The number of hydrogen-bond donors (Lipinski definition) is 0. The predicted molar refractivity (Wildman–Crippen MR) is 67.8 cm³/mol. The fourth-order valence-electron chi connectivity index (χ4n) is 2.00. The lowest BCUT2D eigenvalue weighted by Crippen LogP contribution is -1.98. The molecule has 0 aliphatic heterocycles. The van der Waals surface area contributed by atoms with E-state index in [1.807, 2.05) is 0 Å². The molecule has 1 heterocycles. The zero-order valence-electron chi connectivity index (χ0n) is 9.69. The molecule has 0 fully saturated rings. The third-order valence-corrected chi connectivity index (χ3v) is 2.86. The Morgan fingerprint density at radius 1 is 0.842 bits per heavy atom. The monoisotopic (exact) mass is 258 g/mol. The minimum absolute atomic E-state index is 0.299. The second-order valence-corrected chi connectivity index (χ2v) is 4.13. The lowest BCUT2D eigenvalue weighted by atomic mass is 10.0. The molecule has 0 spiro atoms. The first-order chi connectivity index (χ1) is 9.13. The highest BCUT2D eigenvalue weighted by atomic mass is 19.1. The van der Waals surface area contributed by atoms with E-state index in [9.17, 15) is 13.6 Å². The topological polar surface area (TPSA) is 30.2 Å². The summed E-state index contributed by atoms with van der Waals surface area (Å²) in [6.45, 7) is 0. The zero-order chi connectivity index (χ0) is 13.4. The third kappa shape index (κ3) is 2.12. The molecule has 0 aliphatic carbocycles. The van der Waals surface area contributed by atoms with Crippen molar-refractivity contribution in [3.8, 4) is 11.1 Å². The minimum Gasteiger partial charge on any atom is -0.423 e. The number of hydrogen-bond acceptors (Lipinski definition) is 2. The Hall–Kier alpha value is -2.49. The van der Waals surface area contributed by atoms with Gasteiger partial charge in [-0.2, -0.15) is 0 Å². The number of halogens is 2. The highest BCUT2D eigenvalue weighted by Gasteiger charge is 2.08. The van der Waals surface area contributed by atoms with Crippen molar-refractivity contribution >= 4 is 11.0 Å². The molecule has 0 saturated carbocycles. The van der Waals surface area contributed by atoms with Crippen LogP contribution in [0.3, 0.4) is 0 Å². The van der Waals surface area contributed by atoms with Crippen LogP contribution in [0.1, 0.15) is 0 Å². The van der Waals surface area contributed by atoms with Gasteiger partial charge in [0.1, 0.15) is 17.2 Å². The second-order valence-electron chi connectivity index (χ2n) is 4.13. The van der Waals surface area contributed by atoms with Gasteiger partial charge in [-0.3, -0.25) is 0 Å². The fourth-order valence-corrected chi connectivity index (χ4v) is 2.00. The smallest absolute Gasteiger partial charge is 0.336 e. The van der Waals surface area contributed by atoms with E-state index in [1.165, 1.54) is 48.5 Å². The second kappa shape index (κ2) is 4.31. The fraction of sp³-hybridized carbons (Fsp3) is 0. The normalized spacial score (nSPS) is 10.8. The molecule has 3 aromatic rings. The molecule has 0 amide bonds. The Bertz CT molecular complexity index is 804. The van der Waals surface area contributed by atoms with Gasteiger partial charge in [-0.05, 0) is 41.5 Å². The van der Waals surface area contributed by atoms with Gasteiger partial charge in [0.15, 0.2) is 0 Å². The molecule has 0 N–H and O–H groups in total. The predicted octanol–water partition coefficient (Wildman–Crippen LogP) is 3.74. The summed E-state index contributed by atoms with van der Waals surface area (Å²) in [5, 5.41) is 0.478. The van der Waals surface area contributed by atoms with E-state index in [4.69, 9.17) is 4.42 Å². The summed E-state index contributed by atoms with van der Waals surface area (Å²) in [4.78, 5) is 11.5. The van der Waals surface area contributed by atoms with E-state index in [2.05, 4.69) is 0 Å². The Labute approximate surface area is 106 Å². The maximum atomic E-state index is 13.3. The molecule has 0 radical (unpaired) electrons. The van der Waals surface area contributed by atoms with Crippen LogP contribution in [-0.2, 0) is 0 Å². The van der Waals surface area contributed by atoms with Crippen LogP contribution in [0.15, 0.2) is 57.7 Å². The van der Waals surface area contributed by atoms with Crippen LogP contribution in [0, 0.1) is 11.6 Å². The molecule has 3 rings (SSSR count). The Morgan fingerprint density at radius 2 is 1.53 bits per heavy atom. The Balaban J connectivity index is 2.35. The largest absolute Gasteiger partial charge is 0.423 e. The van der Waals surface area contributed by atoms with Gasteiger partial charge in [-0.1, -0.05) is 12.1 Å². The summed E-state index contributed by atoms with van der Waals surface area (Å²) >= 11 is 0. The van der Waals surface area contributed by atoms with Crippen molar-refractivity contribution in [1.29, 1.82) is 0 Å². The number of benzene rings is 2. The molecule has 0 aliphatic rings. The first kappa shape index (κ1) is 11.6. The van der Waals surface area contributed by atoms with Crippen molar-refractivity contribution in [3.63, 3.8) is 0 Å². The third-order valence-electron chi connectivity index (χ3n) is 2.86. The molecule has 2 aromatic carbocycles. The quantitative estimate of drug-likeness (QED) is 0.622. The molecule has 0 atom stereocenters. The SMILES string of the molecule is O=c1cc(-c2ccc(F)cc2)c2cc(F)ccc2o1. The summed E-state index contributed by atoms with van der Waals surface area (Å²) in [5.74, 6) is -0.799. The molecule has 1 aromatic heterocycles. The van der Waals surface area contributed by atoms with Crippen molar-refractivity contribution in [1.82, 2.24) is 0 Å². The van der Waals surface area contributed by atoms with Crippen molar-refractivity contribution in [2.45, 2.75) is 0 Å². The average Bonchev–Trinajstić information content (AvgIpc) is 2.39. The van der Waals surface area contributed by atoms with E-state index in [0.29, 0.717) is 22.1 Å². The van der Waals surface area contributed by atoms with Gasteiger partial charge in [-0.25, -0.2) is 13.6 Å². The summed E-state index contributed by atoms with van der Waals surface area (Å²) < 4.78 is 31.2. The van der Waals surface area contributed by atoms with Crippen LogP contribution in [-0.4, -0.2) is 0 Å². The summed E-state index contributed by atoms with van der Waals surface area (Å²) in [7, 11) is 0. The van der Waals surface area contributed by atoms with Gasteiger partial charge in [0.05, 0.1) is 0 Å². The molecule has 19 heavy (non-hydrogen) atoms. The first-order valence-corrected chi connectivity index (χ1v) is 5.63. The van der Waals surface area contributed by atoms with Crippen molar-refractivity contribution in [2.24, 2.45) is 0 Å². The molecule has 2 nitrogen and oxygen atoms in total. The molecule has 94 valence electrons. The lowest BCUT2D eigenvalue weighted by Gasteiger charge is -2.05. The first-order valence-electron chi connectivity index (χ1n) is 5.63. The van der Waals surface area contributed by atoms with Crippen LogP contribution in [0.4, 0.5) is 8.78 Å². The van der Waals surface area contributed by atoms with E-state index in [1.54, 1.807) is 0 Å². The minimum atomic E-state index is -0.529. The Morgan fingerprint density at radius 3 is 2.26 bits per heavy atom. The highest BCUT2D eigenvalue weighted by molar-refractivity contribution is 5.93. The van der Waals surface area contributed by atoms with E-state index < -0.39 is 11.4 Å². The average molecular weight is 258 g/mol. The Kier molecular flexibility index (Phi) is 2.63. The number of rotatable bonds is 1. The lowest BCUT2D eigenvalue weighted by molar-refractivity contribution is 0.559. The zero-order valence-corrected chi connectivity index (χ0v) is 9.69. The van der Waals surface area contributed by atoms with Crippen LogP contribution in [0.25, 0.3) is 22.1 Å². The van der Waals surface area contributed by atoms with Gasteiger partial charge in [-0.15, -0.1) is 0 Å². The van der Waals surface area contributed by atoms with E-state index in [-0.39, 0.29) is 5.82 Å². The van der Waals surface area contributed by atoms with Crippen molar-refractivity contribution in [2.75, 3.05) is 0 Å². The van der Waals surface area contributed by atoms with Crippen LogP contribution < -0.4 is 5.63 Å². The van der Waals surface area contributed by atoms with Crippen molar-refractivity contribution < 1.29 is 13.2 Å². The maximum absolute atomic E-state index is 13.3. The molecular weight excluding hydrogens is 250 g/mol. The van der Waals surface area contributed by atoms with Crippen LogP contribution in [0.2, 0.25) is 0 Å². The summed E-state index contributed by atoms with van der Waals surface area (Å²) in [5.41, 5.74) is 0.919. The van der Waals surface area contributed by atoms with E-state index >= 15 is 0 Å².